The van der Waals surface area contributed by atoms with Crippen molar-refractivity contribution in [2.75, 3.05) is 19.8 Å². The van der Waals surface area contributed by atoms with Crippen molar-refractivity contribution in [3.8, 4) is 5.69 Å². The first-order chi connectivity index (χ1) is 10.7. The van der Waals surface area contributed by atoms with Crippen LogP contribution in [0.25, 0.3) is 5.69 Å². The number of hydrogen-bond acceptors (Lipinski definition) is 3. The molecule has 0 spiro atoms. The second kappa shape index (κ2) is 6.96. The zero-order chi connectivity index (χ0) is 15.4. The summed E-state index contributed by atoms with van der Waals surface area (Å²) < 4.78 is 7.17. The maximum Gasteiger partial charge on any atom is 0.276 e. The Kier molecular flexibility index (Phi) is 4.77. The first-order valence-corrected chi connectivity index (χ1v) is 7.54. The Morgan fingerprint density at radius 2 is 2.23 bits per heavy atom. The summed E-state index contributed by atoms with van der Waals surface area (Å²) in [5, 5.41) is 0.390. The molecule has 6 heteroatoms. The van der Waals surface area contributed by atoms with Crippen LogP contribution in [0.15, 0.2) is 42.7 Å². The smallest absolute Gasteiger partial charge is 0.276 e. The van der Waals surface area contributed by atoms with Crippen molar-refractivity contribution < 1.29 is 14.4 Å². The summed E-state index contributed by atoms with van der Waals surface area (Å²) in [5.74, 6) is -0.0140. The Morgan fingerprint density at radius 1 is 1.41 bits per heavy atom. The van der Waals surface area contributed by atoms with Crippen LogP contribution in [0.5, 0.6) is 0 Å². The highest BCUT2D eigenvalue weighted by atomic mass is 35.5. The molecule has 116 valence electrons. The number of ether oxygens (including phenoxy) is 1. The van der Waals surface area contributed by atoms with E-state index in [9.17, 15) is 4.79 Å². The van der Waals surface area contributed by atoms with Gasteiger partial charge in [0.15, 0.2) is 0 Å². The molecule has 1 N–H and O–H groups in total. The lowest BCUT2D eigenvalue weighted by Gasteiger charge is -2.11. The van der Waals surface area contributed by atoms with E-state index in [4.69, 9.17) is 21.2 Å². The van der Waals surface area contributed by atoms with Crippen molar-refractivity contribution in [2.45, 2.75) is 6.42 Å². The monoisotopic (exact) mass is 320 g/mol. The number of rotatable bonds is 5. The van der Waals surface area contributed by atoms with Crippen molar-refractivity contribution in [3.05, 3.63) is 53.3 Å². The van der Waals surface area contributed by atoms with E-state index in [1.54, 1.807) is 12.1 Å². The van der Waals surface area contributed by atoms with Crippen molar-refractivity contribution in [1.29, 1.82) is 0 Å². The Balaban J connectivity index is 1.64. The molecule has 5 nitrogen and oxygen atoms in total. The van der Waals surface area contributed by atoms with Crippen LogP contribution in [0.1, 0.15) is 16.8 Å². The van der Waals surface area contributed by atoms with E-state index in [-0.39, 0.29) is 5.91 Å². The van der Waals surface area contributed by atoms with Gasteiger partial charge in [-0.3, -0.25) is 9.63 Å². The molecule has 1 amide bonds. The second-order valence-electron chi connectivity index (χ2n) is 5.23. The van der Waals surface area contributed by atoms with Gasteiger partial charge in [-0.1, -0.05) is 11.6 Å². The quantitative estimate of drug-likeness (QED) is 0.862. The molecule has 0 saturated carbocycles. The van der Waals surface area contributed by atoms with Crippen LogP contribution >= 0.6 is 11.6 Å². The molecule has 1 aliphatic heterocycles. The molecule has 1 atom stereocenters. The number of halogens is 1. The van der Waals surface area contributed by atoms with Gasteiger partial charge in [-0.25, -0.2) is 5.48 Å². The SMILES string of the molecule is O=C(NOCC1CCOC1)c1cc(-n2cccc2)ccc1Cl. The van der Waals surface area contributed by atoms with Crippen LogP contribution < -0.4 is 5.48 Å². The Labute approximate surface area is 133 Å². The number of benzene rings is 1. The highest BCUT2D eigenvalue weighted by molar-refractivity contribution is 6.33. The summed E-state index contributed by atoms with van der Waals surface area (Å²) >= 11 is 6.11. The fraction of sp³-hybridized carbons (Fsp3) is 0.312. The lowest BCUT2D eigenvalue weighted by atomic mass is 10.1. The van der Waals surface area contributed by atoms with E-state index >= 15 is 0 Å². The van der Waals surface area contributed by atoms with E-state index in [0.717, 1.165) is 18.7 Å². The Hall–Kier alpha value is -1.82. The maximum absolute atomic E-state index is 12.2. The number of carbonyl (C=O) groups is 1. The number of amides is 1. The Bertz CT molecular complexity index is 637. The van der Waals surface area contributed by atoms with Gasteiger partial charge in [0.1, 0.15) is 0 Å². The normalized spacial score (nSPS) is 17.6. The van der Waals surface area contributed by atoms with E-state index in [1.165, 1.54) is 0 Å². The minimum atomic E-state index is -0.349. The predicted octanol–water partition coefficient (Wildman–Crippen LogP) is 2.83. The third-order valence-electron chi connectivity index (χ3n) is 3.61. The van der Waals surface area contributed by atoms with Gasteiger partial charge < -0.3 is 9.30 Å². The minimum absolute atomic E-state index is 0.335. The van der Waals surface area contributed by atoms with Crippen molar-refractivity contribution >= 4 is 17.5 Å². The molecule has 0 aliphatic carbocycles. The average molecular weight is 321 g/mol. The fourth-order valence-corrected chi connectivity index (χ4v) is 2.55. The van der Waals surface area contributed by atoms with Crippen molar-refractivity contribution in [2.24, 2.45) is 5.92 Å². The van der Waals surface area contributed by atoms with Crippen LogP contribution in [0.2, 0.25) is 5.02 Å². The summed E-state index contributed by atoms with van der Waals surface area (Å²) in [5.41, 5.74) is 3.70. The molecule has 1 unspecified atom stereocenters. The molecule has 0 radical (unpaired) electrons. The number of aromatic nitrogens is 1. The van der Waals surface area contributed by atoms with Crippen molar-refractivity contribution in [1.82, 2.24) is 10.0 Å². The van der Waals surface area contributed by atoms with Gasteiger partial charge >= 0.3 is 0 Å². The van der Waals surface area contributed by atoms with Crippen LogP contribution in [-0.2, 0) is 9.57 Å². The fourth-order valence-electron chi connectivity index (χ4n) is 2.35. The molecule has 0 bridgehead atoms. The standard InChI is InChI=1S/C16H17ClN2O3/c17-15-4-3-13(19-6-1-2-7-19)9-14(15)16(20)18-22-11-12-5-8-21-10-12/h1-4,6-7,9,12H,5,8,10-11H2,(H,18,20). The lowest BCUT2D eigenvalue weighted by Crippen LogP contribution is -2.27. The van der Waals surface area contributed by atoms with Crippen LogP contribution in [0.4, 0.5) is 0 Å². The topological polar surface area (TPSA) is 52.5 Å². The van der Waals surface area contributed by atoms with Gasteiger partial charge in [-0.15, -0.1) is 0 Å². The van der Waals surface area contributed by atoms with Crippen molar-refractivity contribution in [3.63, 3.8) is 0 Å². The number of hydroxylamine groups is 1. The van der Waals surface area contributed by atoms with Crippen LogP contribution in [0.3, 0.4) is 0 Å². The summed E-state index contributed by atoms with van der Waals surface area (Å²) in [4.78, 5) is 17.5. The van der Waals surface area contributed by atoms with E-state index in [2.05, 4.69) is 5.48 Å². The highest BCUT2D eigenvalue weighted by Crippen LogP contribution is 2.20. The minimum Gasteiger partial charge on any atom is -0.381 e. The average Bonchev–Trinajstić information content (AvgIpc) is 3.21. The van der Waals surface area contributed by atoms with Gasteiger partial charge in [0.05, 0.1) is 23.8 Å². The molecular weight excluding hydrogens is 304 g/mol. The van der Waals surface area contributed by atoms with E-state index in [0.29, 0.717) is 29.7 Å². The summed E-state index contributed by atoms with van der Waals surface area (Å²) in [6.45, 7) is 1.88. The van der Waals surface area contributed by atoms with Crippen LogP contribution in [0, 0.1) is 5.92 Å². The van der Waals surface area contributed by atoms with Gasteiger partial charge in [0, 0.05) is 30.6 Å². The van der Waals surface area contributed by atoms with Gasteiger partial charge in [0.2, 0.25) is 0 Å². The molecule has 3 rings (SSSR count). The van der Waals surface area contributed by atoms with Gasteiger partial charge in [-0.2, -0.15) is 0 Å². The molecule has 1 aliphatic rings. The summed E-state index contributed by atoms with van der Waals surface area (Å²) in [7, 11) is 0. The first-order valence-electron chi connectivity index (χ1n) is 7.17. The molecule has 2 heterocycles. The third-order valence-corrected chi connectivity index (χ3v) is 3.93. The third kappa shape index (κ3) is 3.50. The van der Waals surface area contributed by atoms with E-state index < -0.39 is 0 Å². The van der Waals surface area contributed by atoms with E-state index in [1.807, 2.05) is 35.2 Å². The first kappa shape index (κ1) is 15.1. The number of carbonyl (C=O) groups excluding carboxylic acids is 1. The number of nitrogens with one attached hydrogen (secondary N) is 1. The molecule has 1 saturated heterocycles. The number of nitrogens with zero attached hydrogens (tertiary/aromatic N) is 1. The number of hydrogen-bond donors (Lipinski definition) is 1. The lowest BCUT2D eigenvalue weighted by molar-refractivity contribution is 0.0145. The molecule has 22 heavy (non-hydrogen) atoms. The summed E-state index contributed by atoms with van der Waals surface area (Å²) in [6, 6.07) is 9.13. The zero-order valence-corrected chi connectivity index (χ0v) is 12.8. The molecule has 1 aromatic heterocycles. The predicted molar refractivity (Wildman–Crippen MR) is 83.1 cm³/mol. The highest BCUT2D eigenvalue weighted by Gasteiger charge is 2.17. The molecule has 1 fully saturated rings. The molecule has 2 aromatic rings. The van der Waals surface area contributed by atoms with Gasteiger partial charge in [-0.05, 0) is 36.8 Å². The summed E-state index contributed by atoms with van der Waals surface area (Å²) in [6.07, 6.45) is 4.77. The zero-order valence-electron chi connectivity index (χ0n) is 12.0. The molecular formula is C16H17ClN2O3. The Morgan fingerprint density at radius 3 is 2.95 bits per heavy atom. The van der Waals surface area contributed by atoms with Gasteiger partial charge in [0.25, 0.3) is 5.91 Å². The molecule has 1 aromatic carbocycles. The maximum atomic E-state index is 12.2. The second-order valence-corrected chi connectivity index (χ2v) is 5.63. The largest absolute Gasteiger partial charge is 0.381 e. The van der Waals surface area contributed by atoms with Crippen LogP contribution in [-0.4, -0.2) is 30.3 Å².